The molecule has 0 saturated carbocycles. The number of fused-ring (bicyclic) bond motifs is 1. The van der Waals surface area contributed by atoms with Crippen LogP contribution >= 0.6 is 11.5 Å². The Hall–Kier alpha value is -3.38. The molecule has 0 radical (unpaired) electrons. The fraction of sp³-hybridized carbons (Fsp3) is 0.368. The molecule has 5 rings (SSSR count). The average Bonchev–Trinajstić information content (AvgIpc) is 3.40. The maximum absolute atomic E-state index is 12.8. The van der Waals surface area contributed by atoms with Gasteiger partial charge in [-0.05, 0) is 25.0 Å². The van der Waals surface area contributed by atoms with Gasteiger partial charge in [-0.15, -0.1) is 0 Å². The van der Waals surface area contributed by atoms with Crippen LogP contribution in [0, 0.1) is 12.8 Å². The van der Waals surface area contributed by atoms with E-state index in [0.717, 1.165) is 18.0 Å². The van der Waals surface area contributed by atoms with Gasteiger partial charge in [0.15, 0.2) is 5.65 Å². The van der Waals surface area contributed by atoms with Crippen molar-refractivity contribution in [3.8, 4) is 5.13 Å². The van der Waals surface area contributed by atoms with Crippen LogP contribution in [0.2, 0.25) is 0 Å². The van der Waals surface area contributed by atoms with Crippen molar-refractivity contribution in [1.82, 2.24) is 24.0 Å². The van der Waals surface area contributed by atoms with E-state index in [9.17, 15) is 19.5 Å². The SMILES string of the molecule is Cc1cc(N2CC(C(=O)N3CCCO3)C2)nc2c1c(=O)c(C(=O)O)cn2-c1ncns1. The Morgan fingerprint density at radius 3 is 2.77 bits per heavy atom. The fourth-order valence-corrected chi connectivity index (χ4v) is 4.37. The van der Waals surface area contributed by atoms with Crippen LogP contribution in [0.4, 0.5) is 5.82 Å². The van der Waals surface area contributed by atoms with Gasteiger partial charge in [0.05, 0.1) is 24.5 Å². The van der Waals surface area contributed by atoms with Crippen molar-refractivity contribution in [3.05, 3.63) is 39.9 Å². The number of pyridine rings is 2. The van der Waals surface area contributed by atoms with Gasteiger partial charge in [0.25, 0.3) is 5.91 Å². The van der Waals surface area contributed by atoms with Gasteiger partial charge in [0.2, 0.25) is 10.6 Å². The molecular formula is C19H18N6O5S. The molecule has 160 valence electrons. The first-order valence-corrected chi connectivity index (χ1v) is 10.5. The standard InChI is InChI=1S/C19H18N6O5S/c1-10-5-13(23-6-11(7-23)17(27)25-3-2-4-30-25)22-16-14(10)15(26)12(18(28)29)8-24(16)19-20-9-21-31-19/h5,8-9,11H,2-4,6-7H2,1H3,(H,28,29). The maximum atomic E-state index is 12.8. The molecule has 3 aromatic rings. The van der Waals surface area contributed by atoms with Crippen molar-refractivity contribution in [2.75, 3.05) is 31.1 Å². The van der Waals surface area contributed by atoms with Gasteiger partial charge < -0.3 is 10.0 Å². The Kier molecular flexibility index (Phi) is 4.67. The molecule has 0 unspecified atom stereocenters. The molecule has 1 N–H and O–H groups in total. The minimum Gasteiger partial charge on any atom is -0.477 e. The third kappa shape index (κ3) is 3.24. The Labute approximate surface area is 179 Å². The average molecular weight is 442 g/mol. The summed E-state index contributed by atoms with van der Waals surface area (Å²) in [5.74, 6) is -0.905. The van der Waals surface area contributed by atoms with Crippen LogP contribution in [0.3, 0.4) is 0 Å². The summed E-state index contributed by atoms with van der Waals surface area (Å²) in [6, 6.07) is 1.74. The Balaban J connectivity index is 1.54. The summed E-state index contributed by atoms with van der Waals surface area (Å²) < 4.78 is 5.45. The Morgan fingerprint density at radius 1 is 1.32 bits per heavy atom. The van der Waals surface area contributed by atoms with Gasteiger partial charge >= 0.3 is 5.97 Å². The zero-order valence-corrected chi connectivity index (χ0v) is 17.3. The van der Waals surface area contributed by atoms with Crippen LogP contribution in [0.25, 0.3) is 16.2 Å². The van der Waals surface area contributed by atoms with Crippen molar-refractivity contribution in [1.29, 1.82) is 0 Å². The lowest BCUT2D eigenvalue weighted by molar-refractivity contribution is -0.174. The summed E-state index contributed by atoms with van der Waals surface area (Å²) in [6.07, 6.45) is 3.43. The molecule has 0 aromatic carbocycles. The second kappa shape index (κ2) is 7.39. The van der Waals surface area contributed by atoms with Crippen molar-refractivity contribution in [2.45, 2.75) is 13.3 Å². The molecule has 2 fully saturated rings. The van der Waals surface area contributed by atoms with Gasteiger partial charge in [-0.25, -0.2) is 19.8 Å². The Bertz CT molecular complexity index is 1240. The second-order valence-corrected chi connectivity index (χ2v) is 8.25. The molecule has 0 bridgehead atoms. The highest BCUT2D eigenvalue weighted by Crippen LogP contribution is 2.29. The third-order valence-corrected chi connectivity index (χ3v) is 6.15. The summed E-state index contributed by atoms with van der Waals surface area (Å²) in [5.41, 5.74) is -0.0494. The second-order valence-electron chi connectivity index (χ2n) is 7.50. The quantitative estimate of drug-likeness (QED) is 0.624. The van der Waals surface area contributed by atoms with Crippen LogP contribution in [0.15, 0.2) is 23.4 Å². The number of carboxylic acid groups (broad SMARTS) is 1. The van der Waals surface area contributed by atoms with E-state index in [0.29, 0.717) is 48.4 Å². The summed E-state index contributed by atoms with van der Waals surface area (Å²) >= 11 is 1.06. The number of aromatic carboxylic acids is 1. The molecular weight excluding hydrogens is 424 g/mol. The van der Waals surface area contributed by atoms with Crippen LogP contribution in [-0.2, 0) is 9.63 Å². The van der Waals surface area contributed by atoms with E-state index in [4.69, 9.17) is 4.84 Å². The number of hydrogen-bond donors (Lipinski definition) is 1. The van der Waals surface area contributed by atoms with Crippen LogP contribution in [0.5, 0.6) is 0 Å². The van der Waals surface area contributed by atoms with Crippen molar-refractivity contribution >= 4 is 40.3 Å². The largest absolute Gasteiger partial charge is 0.477 e. The highest BCUT2D eigenvalue weighted by molar-refractivity contribution is 7.08. The molecule has 2 saturated heterocycles. The van der Waals surface area contributed by atoms with Crippen LogP contribution < -0.4 is 10.3 Å². The van der Waals surface area contributed by atoms with Gasteiger partial charge in [0, 0.05) is 30.8 Å². The lowest BCUT2D eigenvalue weighted by Crippen LogP contribution is -2.54. The van der Waals surface area contributed by atoms with E-state index < -0.39 is 11.4 Å². The zero-order chi connectivity index (χ0) is 21.7. The summed E-state index contributed by atoms with van der Waals surface area (Å²) in [4.78, 5) is 53.0. The van der Waals surface area contributed by atoms with Crippen LogP contribution in [0.1, 0.15) is 22.3 Å². The van der Waals surface area contributed by atoms with E-state index in [1.807, 2.05) is 4.90 Å². The number of carboxylic acids is 1. The number of aromatic nitrogens is 4. The molecule has 5 heterocycles. The number of hydrogen-bond acceptors (Lipinski definition) is 9. The highest BCUT2D eigenvalue weighted by Gasteiger charge is 2.38. The van der Waals surface area contributed by atoms with Gasteiger partial charge in [0.1, 0.15) is 17.7 Å². The van der Waals surface area contributed by atoms with E-state index in [2.05, 4.69) is 14.3 Å². The molecule has 1 amide bonds. The predicted octanol–water partition coefficient (Wildman–Crippen LogP) is 0.844. The first-order valence-electron chi connectivity index (χ1n) is 9.70. The number of hydroxylamine groups is 2. The number of carbonyl (C=O) groups excluding carboxylic acids is 1. The predicted molar refractivity (Wildman–Crippen MR) is 110 cm³/mol. The molecule has 2 aliphatic heterocycles. The molecule has 0 spiro atoms. The van der Waals surface area contributed by atoms with E-state index >= 15 is 0 Å². The van der Waals surface area contributed by atoms with Crippen molar-refractivity contribution < 1.29 is 19.5 Å². The number of anilines is 1. The van der Waals surface area contributed by atoms with Crippen molar-refractivity contribution in [2.24, 2.45) is 5.92 Å². The first kappa shape index (κ1) is 19.6. The summed E-state index contributed by atoms with van der Waals surface area (Å²) in [6.45, 7) is 3.91. The number of amides is 1. The smallest absolute Gasteiger partial charge is 0.341 e. The number of aryl methyl sites for hydroxylation is 1. The number of nitrogens with zero attached hydrogens (tertiary/aromatic N) is 6. The lowest BCUT2D eigenvalue weighted by atomic mass is 9.98. The minimum absolute atomic E-state index is 0.0249. The lowest BCUT2D eigenvalue weighted by Gasteiger charge is -2.40. The molecule has 0 atom stereocenters. The monoisotopic (exact) mass is 442 g/mol. The summed E-state index contributed by atoms with van der Waals surface area (Å²) in [5, 5.41) is 11.5. The molecule has 2 aliphatic rings. The molecule has 11 nitrogen and oxygen atoms in total. The van der Waals surface area contributed by atoms with E-state index in [-0.39, 0.29) is 22.8 Å². The maximum Gasteiger partial charge on any atom is 0.341 e. The molecule has 3 aromatic heterocycles. The molecule has 31 heavy (non-hydrogen) atoms. The van der Waals surface area contributed by atoms with Gasteiger partial charge in [-0.3, -0.25) is 19.0 Å². The molecule has 12 heteroatoms. The van der Waals surface area contributed by atoms with E-state index in [1.165, 1.54) is 22.2 Å². The number of rotatable bonds is 4. The topological polar surface area (TPSA) is 131 Å². The van der Waals surface area contributed by atoms with Gasteiger partial charge in [-0.1, -0.05) is 0 Å². The fourth-order valence-electron chi connectivity index (χ4n) is 3.86. The summed E-state index contributed by atoms with van der Waals surface area (Å²) in [7, 11) is 0. The van der Waals surface area contributed by atoms with Crippen molar-refractivity contribution in [3.63, 3.8) is 0 Å². The first-order chi connectivity index (χ1) is 14.9. The zero-order valence-electron chi connectivity index (χ0n) is 16.5. The minimum atomic E-state index is -1.32. The Morgan fingerprint density at radius 2 is 2.13 bits per heavy atom. The normalized spacial score (nSPS) is 16.7. The van der Waals surface area contributed by atoms with Gasteiger partial charge in [-0.2, -0.15) is 4.37 Å². The number of carbonyl (C=O) groups is 2. The van der Waals surface area contributed by atoms with Crippen LogP contribution in [-0.4, -0.2) is 67.2 Å². The third-order valence-electron chi connectivity index (χ3n) is 5.48. The highest BCUT2D eigenvalue weighted by atomic mass is 32.1. The van der Waals surface area contributed by atoms with E-state index in [1.54, 1.807) is 13.0 Å². The molecule has 0 aliphatic carbocycles.